The van der Waals surface area contributed by atoms with Crippen molar-refractivity contribution in [2.24, 2.45) is 4.99 Å². The third kappa shape index (κ3) is 7.47. The van der Waals surface area contributed by atoms with Crippen molar-refractivity contribution in [1.82, 2.24) is 29.5 Å². The Balaban J connectivity index is 1.39. The van der Waals surface area contributed by atoms with Crippen LogP contribution in [-0.4, -0.2) is 75.4 Å². The van der Waals surface area contributed by atoms with Crippen LogP contribution in [0.4, 0.5) is 13.2 Å². The molecular weight excluding hydrogens is 527 g/mol. The zero-order chi connectivity index (χ0) is 27.8. The average Bonchev–Trinajstić information content (AvgIpc) is 3.35. The second kappa shape index (κ2) is 12.9. The summed E-state index contributed by atoms with van der Waals surface area (Å²) < 4.78 is 43.5. The molecule has 39 heavy (non-hydrogen) atoms. The van der Waals surface area contributed by atoms with Crippen LogP contribution in [0.15, 0.2) is 59.1 Å². The topological polar surface area (TPSA) is 78.1 Å². The second-order valence-electron chi connectivity index (χ2n) is 8.75. The highest BCUT2D eigenvalue weighted by Gasteiger charge is 2.34. The van der Waals surface area contributed by atoms with E-state index in [0.717, 1.165) is 25.7 Å². The van der Waals surface area contributed by atoms with E-state index >= 15 is 0 Å². The lowest BCUT2D eigenvalue weighted by Crippen LogP contribution is -2.45. The average molecular weight is 556 g/mol. The van der Waals surface area contributed by atoms with Crippen molar-refractivity contribution >= 4 is 30.0 Å². The van der Waals surface area contributed by atoms with Gasteiger partial charge in [0.25, 0.3) is 5.91 Å². The van der Waals surface area contributed by atoms with Gasteiger partial charge in [-0.05, 0) is 36.9 Å². The van der Waals surface area contributed by atoms with Gasteiger partial charge in [-0.3, -0.25) is 24.1 Å². The monoisotopic (exact) mass is 555 g/mol. The number of aliphatic imine (C=N–C) groups is 1. The number of piperazine rings is 1. The quantitative estimate of drug-likeness (QED) is 0.258. The number of rotatable bonds is 8. The first-order chi connectivity index (χ1) is 18.8. The molecule has 0 bridgehead atoms. The molecule has 12 heteroatoms. The Bertz CT molecular complexity index is 1420. The maximum atomic E-state index is 13.9. The number of carbonyl (C=O) groups is 1. The number of allylic oxidation sites excluding steroid dienone is 1. The summed E-state index contributed by atoms with van der Waals surface area (Å²) in [6.07, 6.45) is 3.47. The van der Waals surface area contributed by atoms with Crippen LogP contribution >= 0.6 is 11.8 Å². The molecule has 8 nitrogen and oxygen atoms in total. The van der Waals surface area contributed by atoms with Crippen molar-refractivity contribution in [3.63, 3.8) is 0 Å². The van der Waals surface area contributed by atoms with Crippen LogP contribution in [-0.2, 0) is 12.7 Å². The van der Waals surface area contributed by atoms with Crippen LogP contribution in [0.1, 0.15) is 34.1 Å². The van der Waals surface area contributed by atoms with Gasteiger partial charge < -0.3 is 10.2 Å². The highest BCUT2D eigenvalue weighted by atomic mass is 32.2. The molecular formula is C27H28F3N7OS. The fourth-order valence-electron chi connectivity index (χ4n) is 4.15. The van der Waals surface area contributed by atoms with Crippen LogP contribution < -0.4 is 5.32 Å². The molecule has 204 valence electrons. The first-order valence-electron chi connectivity index (χ1n) is 12.3. The van der Waals surface area contributed by atoms with Crippen molar-refractivity contribution in [2.45, 2.75) is 19.6 Å². The number of amides is 1. The maximum Gasteiger partial charge on any atom is 0.416 e. The number of imidazole rings is 1. The lowest BCUT2D eigenvalue weighted by Gasteiger charge is -2.34. The van der Waals surface area contributed by atoms with Gasteiger partial charge in [0.05, 0.1) is 28.7 Å². The van der Waals surface area contributed by atoms with Gasteiger partial charge in [-0.15, -0.1) is 0 Å². The van der Waals surface area contributed by atoms with E-state index in [1.54, 1.807) is 29.2 Å². The first-order valence-corrected chi connectivity index (χ1v) is 13.3. The van der Waals surface area contributed by atoms with Crippen LogP contribution in [0.3, 0.4) is 0 Å². The van der Waals surface area contributed by atoms with Crippen LogP contribution in [0, 0.1) is 11.8 Å². The number of fused-ring (bicyclic) bond motifs is 1. The fourth-order valence-corrected chi connectivity index (χ4v) is 4.79. The predicted octanol–water partition coefficient (Wildman–Crippen LogP) is 3.90. The first kappa shape index (κ1) is 28.4. The minimum Gasteiger partial charge on any atom is -0.343 e. The lowest BCUT2D eigenvalue weighted by atomic mass is 10.0. The lowest BCUT2D eigenvalue weighted by molar-refractivity contribution is -0.138. The SMILES string of the molecule is C=N/C=C(/C#Cc1cnc2cnccn12)SCNC(=O)c1ccc(CN2CCN(CC)CC2)c(C(F)(F)F)c1. The second-order valence-corrected chi connectivity index (χ2v) is 9.77. The number of hydrogen-bond donors (Lipinski definition) is 1. The van der Waals surface area contributed by atoms with Gasteiger partial charge in [0.1, 0.15) is 5.69 Å². The number of alkyl halides is 3. The number of thioether (sulfide) groups is 1. The van der Waals surface area contributed by atoms with Gasteiger partial charge in [0.15, 0.2) is 5.65 Å². The molecule has 1 saturated heterocycles. The van der Waals surface area contributed by atoms with Crippen LogP contribution in [0.25, 0.3) is 5.65 Å². The van der Waals surface area contributed by atoms with Crippen LogP contribution in [0.2, 0.25) is 0 Å². The Morgan fingerprint density at radius 1 is 1.23 bits per heavy atom. The molecule has 0 unspecified atom stereocenters. The van der Waals surface area contributed by atoms with E-state index in [1.807, 2.05) is 4.90 Å². The normalized spacial score (nSPS) is 15.1. The summed E-state index contributed by atoms with van der Waals surface area (Å²) in [4.78, 5) is 29.5. The van der Waals surface area contributed by atoms with Crippen molar-refractivity contribution in [1.29, 1.82) is 0 Å². The largest absolute Gasteiger partial charge is 0.416 e. The van der Waals surface area contributed by atoms with Gasteiger partial charge in [-0.1, -0.05) is 30.7 Å². The molecule has 1 aromatic carbocycles. The van der Waals surface area contributed by atoms with Gasteiger partial charge in [-0.25, -0.2) is 4.98 Å². The summed E-state index contributed by atoms with van der Waals surface area (Å²) in [5, 5.41) is 2.65. The summed E-state index contributed by atoms with van der Waals surface area (Å²) in [6.45, 7) is 9.70. The molecule has 0 aliphatic carbocycles. The fraction of sp³-hybridized carbons (Fsp3) is 0.333. The number of likely N-dealkylation sites (N-methyl/N-ethyl adjacent to an activating group) is 1. The van der Waals surface area contributed by atoms with E-state index < -0.39 is 17.6 Å². The molecule has 1 fully saturated rings. The number of nitrogens with zero attached hydrogens (tertiary/aromatic N) is 6. The molecule has 2 aromatic heterocycles. The summed E-state index contributed by atoms with van der Waals surface area (Å²) >= 11 is 1.18. The van der Waals surface area contributed by atoms with Crippen molar-refractivity contribution < 1.29 is 18.0 Å². The highest BCUT2D eigenvalue weighted by Crippen LogP contribution is 2.33. The summed E-state index contributed by atoms with van der Waals surface area (Å²) in [5.41, 5.74) is 0.613. The standard InChI is InChI=1S/C27H28F3N7OS/c1-3-35-10-12-36(13-11-35)18-21-5-4-20(14-24(21)27(28,29)30)26(38)34-19-39-23(16-31-2)7-6-22-15-33-25-17-32-8-9-37(22)25/h4-5,8-9,14-17H,2-3,10-13,18-19H2,1H3,(H,34,38)/b23-16-. The Morgan fingerprint density at radius 3 is 2.72 bits per heavy atom. The summed E-state index contributed by atoms with van der Waals surface area (Å²) in [7, 11) is 0. The van der Waals surface area contributed by atoms with Crippen LogP contribution in [0.5, 0.6) is 0 Å². The molecule has 1 amide bonds. The highest BCUT2D eigenvalue weighted by molar-refractivity contribution is 8.03. The predicted molar refractivity (Wildman–Crippen MR) is 146 cm³/mol. The summed E-state index contributed by atoms with van der Waals surface area (Å²) in [5.74, 6) is 5.43. The minimum absolute atomic E-state index is 0.0553. The van der Waals surface area contributed by atoms with Gasteiger partial charge >= 0.3 is 6.18 Å². The third-order valence-corrected chi connectivity index (χ3v) is 7.09. The number of nitrogens with one attached hydrogen (secondary N) is 1. The molecule has 0 radical (unpaired) electrons. The van der Waals surface area contributed by atoms with Gasteiger partial charge in [0.2, 0.25) is 0 Å². The molecule has 0 atom stereocenters. The number of benzene rings is 1. The van der Waals surface area contributed by atoms with Crippen molar-refractivity contribution in [3.05, 3.63) is 76.5 Å². The van der Waals surface area contributed by atoms with Crippen molar-refractivity contribution in [2.75, 3.05) is 38.6 Å². The third-order valence-electron chi connectivity index (χ3n) is 6.28. The molecule has 3 aromatic rings. The van der Waals surface area contributed by atoms with E-state index in [-0.39, 0.29) is 23.5 Å². The Kier molecular flexibility index (Phi) is 9.40. The Hall–Kier alpha value is -3.66. The zero-order valence-corrected chi connectivity index (χ0v) is 22.2. The zero-order valence-electron chi connectivity index (χ0n) is 21.4. The molecule has 0 spiro atoms. The number of aromatic nitrogens is 3. The number of hydrogen-bond acceptors (Lipinski definition) is 7. The van der Waals surface area contributed by atoms with E-state index in [1.165, 1.54) is 30.1 Å². The van der Waals surface area contributed by atoms with E-state index in [9.17, 15) is 18.0 Å². The molecule has 4 rings (SSSR count). The molecule has 3 heterocycles. The van der Waals surface area contributed by atoms with E-state index in [2.05, 4.69) is 50.7 Å². The Morgan fingerprint density at radius 2 is 2.00 bits per heavy atom. The van der Waals surface area contributed by atoms with Gasteiger partial charge in [-0.2, -0.15) is 13.2 Å². The number of carbonyl (C=O) groups excluding carboxylic acids is 1. The molecule has 0 saturated carbocycles. The van der Waals surface area contributed by atoms with Gasteiger partial charge in [0, 0.05) is 56.9 Å². The summed E-state index contributed by atoms with van der Waals surface area (Å²) in [6, 6.07) is 3.77. The number of halogens is 3. The molecule has 1 aliphatic heterocycles. The maximum absolute atomic E-state index is 13.9. The van der Waals surface area contributed by atoms with E-state index in [4.69, 9.17) is 0 Å². The smallest absolute Gasteiger partial charge is 0.343 e. The molecule has 1 aliphatic rings. The minimum atomic E-state index is -4.57. The Labute approximate surface area is 229 Å². The van der Waals surface area contributed by atoms with E-state index in [0.29, 0.717) is 29.3 Å². The molecule has 1 N–H and O–H groups in total. The van der Waals surface area contributed by atoms with Crippen molar-refractivity contribution in [3.8, 4) is 11.8 Å².